The molecule has 0 aliphatic heterocycles. The van der Waals surface area contributed by atoms with E-state index in [1.807, 2.05) is 42.6 Å². The lowest BCUT2D eigenvalue weighted by Gasteiger charge is -2.11. The van der Waals surface area contributed by atoms with Gasteiger partial charge in [-0.25, -0.2) is 4.98 Å². The zero-order chi connectivity index (χ0) is 21.2. The lowest BCUT2D eigenvalue weighted by atomic mass is 10.0. The summed E-state index contributed by atoms with van der Waals surface area (Å²) >= 11 is 0. The largest absolute Gasteiger partial charge is 0.508 e. The second-order valence-electron chi connectivity index (χ2n) is 7.77. The van der Waals surface area contributed by atoms with Crippen molar-refractivity contribution >= 4 is 17.1 Å². The number of aromatic nitrogens is 2. The minimum Gasteiger partial charge on any atom is -0.508 e. The van der Waals surface area contributed by atoms with Crippen molar-refractivity contribution in [2.45, 2.75) is 58.5 Å². The van der Waals surface area contributed by atoms with Gasteiger partial charge in [-0.2, -0.15) is 0 Å². The van der Waals surface area contributed by atoms with Gasteiger partial charge < -0.3 is 9.84 Å². The van der Waals surface area contributed by atoms with E-state index < -0.39 is 0 Å². The number of benzene rings is 2. The highest BCUT2D eigenvalue weighted by Crippen LogP contribution is 2.24. The number of allylic oxidation sites excluding steroid dienone is 1. The van der Waals surface area contributed by atoms with Crippen LogP contribution < -0.4 is 0 Å². The van der Waals surface area contributed by atoms with E-state index in [0.717, 1.165) is 60.1 Å². The predicted molar refractivity (Wildman–Crippen MR) is 124 cm³/mol. The Bertz CT molecular complexity index is 951. The normalized spacial score (nSPS) is 12.6. The molecule has 0 saturated carbocycles. The molecule has 1 atom stereocenters. The predicted octanol–water partition coefficient (Wildman–Crippen LogP) is 6.78. The van der Waals surface area contributed by atoms with Crippen molar-refractivity contribution in [3.63, 3.8) is 0 Å². The highest BCUT2D eigenvalue weighted by Gasteiger charge is 2.03. The molecule has 0 amide bonds. The number of aromatic hydroxyl groups is 1. The molecule has 1 N–H and O–H groups in total. The number of hydrogen-bond donors (Lipinski definition) is 1. The Morgan fingerprint density at radius 3 is 2.60 bits per heavy atom. The van der Waals surface area contributed by atoms with Gasteiger partial charge in [-0.1, -0.05) is 44.0 Å². The van der Waals surface area contributed by atoms with Crippen LogP contribution in [0.4, 0.5) is 0 Å². The number of unbranched alkanes of at least 4 members (excludes halogenated alkanes) is 3. The number of nitrogens with zero attached hydrogens (tertiary/aromatic N) is 2. The minimum atomic E-state index is 0.268. The van der Waals surface area contributed by atoms with Gasteiger partial charge in [0.1, 0.15) is 5.75 Å². The smallest absolute Gasteiger partial charge is 0.115 e. The number of rotatable bonds is 11. The second-order valence-corrected chi connectivity index (χ2v) is 7.77. The molecule has 4 heteroatoms. The molecule has 3 rings (SSSR count). The summed E-state index contributed by atoms with van der Waals surface area (Å²) in [6.45, 7) is 5.26. The van der Waals surface area contributed by atoms with Crippen molar-refractivity contribution in [1.82, 2.24) is 9.97 Å². The minimum absolute atomic E-state index is 0.268. The molecule has 2 aromatic carbocycles. The van der Waals surface area contributed by atoms with Crippen LogP contribution in [0, 0.1) is 0 Å². The van der Waals surface area contributed by atoms with Gasteiger partial charge in [0.05, 0.1) is 29.0 Å². The van der Waals surface area contributed by atoms with Gasteiger partial charge in [0.25, 0.3) is 0 Å². The van der Waals surface area contributed by atoms with Crippen molar-refractivity contribution < 1.29 is 9.84 Å². The first kappa shape index (κ1) is 22.0. The molecule has 30 heavy (non-hydrogen) atoms. The molecule has 1 heterocycles. The van der Waals surface area contributed by atoms with Gasteiger partial charge in [0.2, 0.25) is 0 Å². The van der Waals surface area contributed by atoms with Crippen molar-refractivity contribution in [2.24, 2.45) is 0 Å². The SMILES string of the molecule is CCCCCOC(C)CCCC=Cc1cnc2cc(-c3ccc(O)cc3)ccc2n1. The number of hydrogen-bond acceptors (Lipinski definition) is 4. The van der Waals surface area contributed by atoms with E-state index in [9.17, 15) is 5.11 Å². The van der Waals surface area contributed by atoms with Crippen molar-refractivity contribution in [3.05, 3.63) is 60.4 Å². The molecule has 0 bridgehead atoms. The first-order valence-electron chi connectivity index (χ1n) is 11.0. The summed E-state index contributed by atoms with van der Waals surface area (Å²) in [7, 11) is 0. The molecule has 0 radical (unpaired) electrons. The standard InChI is InChI=1S/C26H32N2O2/c1-3-4-8-17-30-20(2)9-6-5-7-10-23-19-27-26-18-22(13-16-25(26)28-23)21-11-14-24(29)15-12-21/h7,10-16,18-20,29H,3-6,8-9,17H2,1-2H3. The van der Waals surface area contributed by atoms with Crippen LogP contribution in [-0.4, -0.2) is 27.8 Å². The van der Waals surface area contributed by atoms with Crippen LogP contribution in [0.1, 0.15) is 58.1 Å². The van der Waals surface area contributed by atoms with Crippen LogP contribution in [0.25, 0.3) is 28.2 Å². The second kappa shape index (κ2) is 11.5. The summed E-state index contributed by atoms with van der Waals surface area (Å²) < 4.78 is 5.85. The summed E-state index contributed by atoms with van der Waals surface area (Å²) in [5, 5.41) is 9.45. The summed E-state index contributed by atoms with van der Waals surface area (Å²) in [5.41, 5.74) is 4.74. The lowest BCUT2D eigenvalue weighted by molar-refractivity contribution is 0.0566. The fourth-order valence-corrected chi connectivity index (χ4v) is 3.39. The Hall–Kier alpha value is -2.72. The van der Waals surface area contributed by atoms with Crippen LogP contribution in [0.3, 0.4) is 0 Å². The van der Waals surface area contributed by atoms with E-state index in [2.05, 4.69) is 24.9 Å². The molecule has 1 unspecified atom stereocenters. The fourth-order valence-electron chi connectivity index (χ4n) is 3.39. The molecular weight excluding hydrogens is 372 g/mol. The van der Waals surface area contributed by atoms with Crippen molar-refractivity contribution in [1.29, 1.82) is 0 Å². The van der Waals surface area contributed by atoms with E-state index in [4.69, 9.17) is 9.72 Å². The average molecular weight is 405 g/mol. The first-order chi connectivity index (χ1) is 14.7. The number of ether oxygens (including phenoxy) is 1. The van der Waals surface area contributed by atoms with Crippen LogP contribution in [-0.2, 0) is 4.74 Å². The number of fused-ring (bicyclic) bond motifs is 1. The fraction of sp³-hybridized carbons (Fsp3) is 0.385. The Labute approximate surface area is 179 Å². The van der Waals surface area contributed by atoms with E-state index in [1.165, 1.54) is 12.8 Å². The molecular formula is C26H32N2O2. The lowest BCUT2D eigenvalue weighted by Crippen LogP contribution is -2.08. The maximum Gasteiger partial charge on any atom is 0.115 e. The number of phenolic OH excluding ortho intramolecular Hbond substituents is 1. The molecule has 3 aromatic rings. The average Bonchev–Trinajstić information content (AvgIpc) is 2.76. The van der Waals surface area contributed by atoms with Gasteiger partial charge in [-0.05, 0) is 74.1 Å². The zero-order valence-electron chi connectivity index (χ0n) is 18.1. The molecule has 0 saturated heterocycles. The molecule has 158 valence electrons. The first-order valence-corrected chi connectivity index (χ1v) is 11.0. The van der Waals surface area contributed by atoms with E-state index in [-0.39, 0.29) is 5.75 Å². The summed E-state index contributed by atoms with van der Waals surface area (Å²) in [6, 6.07) is 13.3. The van der Waals surface area contributed by atoms with Gasteiger partial charge in [-0.15, -0.1) is 0 Å². The van der Waals surface area contributed by atoms with Crippen molar-refractivity contribution in [3.8, 4) is 16.9 Å². The third-order valence-corrected chi connectivity index (χ3v) is 5.18. The third-order valence-electron chi connectivity index (χ3n) is 5.18. The Morgan fingerprint density at radius 1 is 1.00 bits per heavy atom. The summed E-state index contributed by atoms with van der Waals surface area (Å²) in [4.78, 5) is 9.28. The zero-order valence-corrected chi connectivity index (χ0v) is 18.1. The van der Waals surface area contributed by atoms with E-state index in [0.29, 0.717) is 6.10 Å². The summed E-state index contributed by atoms with van der Waals surface area (Å²) in [6.07, 6.45) is 13.2. The van der Waals surface area contributed by atoms with Crippen LogP contribution in [0.5, 0.6) is 5.75 Å². The Morgan fingerprint density at radius 2 is 1.80 bits per heavy atom. The molecule has 4 nitrogen and oxygen atoms in total. The van der Waals surface area contributed by atoms with Crippen molar-refractivity contribution in [2.75, 3.05) is 6.61 Å². The molecule has 1 aromatic heterocycles. The topological polar surface area (TPSA) is 55.2 Å². The molecule has 0 aliphatic carbocycles. The maximum absolute atomic E-state index is 9.45. The Balaban J connectivity index is 1.50. The highest BCUT2D eigenvalue weighted by molar-refractivity contribution is 5.81. The number of phenols is 1. The van der Waals surface area contributed by atoms with Crippen LogP contribution >= 0.6 is 0 Å². The van der Waals surface area contributed by atoms with E-state index >= 15 is 0 Å². The quantitative estimate of drug-likeness (QED) is 0.358. The van der Waals surface area contributed by atoms with Gasteiger partial charge >= 0.3 is 0 Å². The Kier molecular flexibility index (Phi) is 8.40. The summed E-state index contributed by atoms with van der Waals surface area (Å²) in [5.74, 6) is 0.268. The third kappa shape index (κ3) is 6.67. The monoisotopic (exact) mass is 404 g/mol. The van der Waals surface area contributed by atoms with Gasteiger partial charge in [0.15, 0.2) is 0 Å². The van der Waals surface area contributed by atoms with Crippen LogP contribution in [0.2, 0.25) is 0 Å². The van der Waals surface area contributed by atoms with Gasteiger partial charge in [0, 0.05) is 6.61 Å². The van der Waals surface area contributed by atoms with Crippen LogP contribution in [0.15, 0.2) is 54.7 Å². The molecule has 0 fully saturated rings. The maximum atomic E-state index is 9.45. The highest BCUT2D eigenvalue weighted by atomic mass is 16.5. The molecule has 0 aliphatic rings. The van der Waals surface area contributed by atoms with Gasteiger partial charge in [-0.3, -0.25) is 4.98 Å². The van der Waals surface area contributed by atoms with E-state index in [1.54, 1.807) is 12.1 Å². The molecule has 0 spiro atoms.